The van der Waals surface area contributed by atoms with Gasteiger partial charge in [0, 0.05) is 31.6 Å². The number of carbonyl (C=O) groups excluding carboxylic acids is 1. The molecule has 0 aliphatic rings. The van der Waals surface area contributed by atoms with Crippen molar-refractivity contribution in [1.82, 2.24) is 19.4 Å². The van der Waals surface area contributed by atoms with Crippen molar-refractivity contribution in [3.63, 3.8) is 0 Å². The summed E-state index contributed by atoms with van der Waals surface area (Å²) in [5, 5.41) is 32.8. The maximum atomic E-state index is 14.5. The van der Waals surface area contributed by atoms with E-state index in [0.717, 1.165) is 36.3 Å². The van der Waals surface area contributed by atoms with E-state index < -0.39 is 53.1 Å². The second kappa shape index (κ2) is 20.6. The van der Waals surface area contributed by atoms with E-state index in [1.165, 1.54) is 30.3 Å². The largest absolute Gasteiger partial charge is 0.479 e. The van der Waals surface area contributed by atoms with Crippen molar-refractivity contribution in [2.45, 2.75) is 58.2 Å². The standard InChI is InChI=1S/C38H37F5N4O2.C4H6O6/c1-3-45(4-2)22-23-46(24-26-12-14-27(15-13-26)28-16-18-29(19-17-28)38(41,42)43)36(48)25-47-34-11-6-5-8-31(34)37(49)44-35(47)21-20-30-32(39)9-7-10-33(30)40;5-1(3(7)8)2(6)4(9)10/h5-19H,3-4,20-25H2,1-2H3;1-2,5-6H,(H,7,8)(H,9,10)/t;1-,2-/m.1/s1. The van der Waals surface area contributed by atoms with Gasteiger partial charge in [0.2, 0.25) is 5.91 Å². The molecular formula is C42H43F5N4O8. The summed E-state index contributed by atoms with van der Waals surface area (Å²) in [7, 11) is 0. The third-order valence-electron chi connectivity index (χ3n) is 9.53. The zero-order valence-corrected chi connectivity index (χ0v) is 32.1. The Bertz CT molecular complexity index is 2240. The van der Waals surface area contributed by atoms with Crippen LogP contribution in [-0.4, -0.2) is 96.0 Å². The minimum atomic E-state index is -4.42. The van der Waals surface area contributed by atoms with Crippen LogP contribution in [-0.2, 0) is 46.5 Å². The summed E-state index contributed by atoms with van der Waals surface area (Å²) in [6.07, 6.45) is -8.99. The van der Waals surface area contributed by atoms with Crippen LogP contribution >= 0.6 is 0 Å². The molecule has 0 fully saturated rings. The molecule has 0 unspecified atom stereocenters. The van der Waals surface area contributed by atoms with Crippen molar-refractivity contribution >= 4 is 28.7 Å². The quantitative estimate of drug-likeness (QED) is 0.0945. The molecule has 5 aromatic rings. The number of alkyl halides is 3. The molecule has 0 radical (unpaired) electrons. The zero-order valence-electron chi connectivity index (χ0n) is 32.1. The van der Waals surface area contributed by atoms with Crippen LogP contribution in [0.5, 0.6) is 0 Å². The third-order valence-corrected chi connectivity index (χ3v) is 9.53. The Morgan fingerprint density at radius 2 is 1.29 bits per heavy atom. The van der Waals surface area contributed by atoms with E-state index in [1.54, 1.807) is 33.7 Å². The molecule has 2 atom stereocenters. The van der Waals surface area contributed by atoms with Crippen molar-refractivity contribution in [1.29, 1.82) is 0 Å². The van der Waals surface area contributed by atoms with Crippen LogP contribution in [0.1, 0.15) is 36.4 Å². The number of halogens is 5. The molecule has 5 rings (SSSR count). The summed E-state index contributed by atoms with van der Waals surface area (Å²) < 4.78 is 69.7. The molecule has 17 heteroatoms. The molecule has 0 saturated heterocycles. The van der Waals surface area contributed by atoms with Gasteiger partial charge >= 0.3 is 18.1 Å². The first kappa shape index (κ1) is 45.7. The van der Waals surface area contributed by atoms with Gasteiger partial charge in [-0.05, 0) is 72.6 Å². The number of amides is 1. The smallest absolute Gasteiger partial charge is 0.416 e. The lowest BCUT2D eigenvalue weighted by atomic mass is 10.0. The summed E-state index contributed by atoms with van der Waals surface area (Å²) in [5.74, 6) is -4.93. The fourth-order valence-corrected chi connectivity index (χ4v) is 6.12. The van der Waals surface area contributed by atoms with Gasteiger partial charge in [-0.25, -0.2) is 18.4 Å². The van der Waals surface area contributed by atoms with Gasteiger partial charge in [0.15, 0.2) is 12.2 Å². The van der Waals surface area contributed by atoms with Gasteiger partial charge in [0.05, 0.1) is 16.5 Å². The van der Waals surface area contributed by atoms with Crippen LogP contribution < -0.4 is 5.56 Å². The first-order valence-corrected chi connectivity index (χ1v) is 18.4. The van der Waals surface area contributed by atoms with Gasteiger partial charge < -0.3 is 34.8 Å². The highest BCUT2D eigenvalue weighted by Crippen LogP contribution is 2.31. The lowest BCUT2D eigenvalue weighted by Gasteiger charge is -2.28. The summed E-state index contributed by atoms with van der Waals surface area (Å²) in [5.41, 5.74) is 1.35. The second-order valence-corrected chi connectivity index (χ2v) is 13.3. The number of nitrogens with zero attached hydrogens (tertiary/aromatic N) is 4. The lowest BCUT2D eigenvalue weighted by Crippen LogP contribution is -2.40. The Balaban J connectivity index is 0.000000680. The van der Waals surface area contributed by atoms with Gasteiger partial charge in [-0.2, -0.15) is 18.2 Å². The number of carbonyl (C=O) groups is 3. The first-order valence-electron chi connectivity index (χ1n) is 18.4. The molecule has 0 spiro atoms. The molecular weight excluding hydrogens is 783 g/mol. The van der Waals surface area contributed by atoms with Crippen LogP contribution in [0.15, 0.2) is 95.8 Å². The van der Waals surface area contributed by atoms with Crippen LogP contribution in [0.2, 0.25) is 0 Å². The molecule has 0 aliphatic carbocycles. The molecule has 0 aliphatic heterocycles. The molecule has 0 bridgehead atoms. The zero-order chi connectivity index (χ0) is 43.4. The van der Waals surface area contributed by atoms with Crippen LogP contribution in [0.25, 0.3) is 22.0 Å². The Morgan fingerprint density at radius 3 is 1.81 bits per heavy atom. The molecule has 314 valence electrons. The minimum Gasteiger partial charge on any atom is -0.479 e. The number of para-hydroxylation sites is 1. The number of rotatable bonds is 16. The molecule has 1 aromatic heterocycles. The third kappa shape index (κ3) is 12.2. The SMILES string of the molecule is CCN(CC)CCN(Cc1ccc(-c2ccc(C(F)(F)F)cc2)cc1)C(=O)Cn1c(CCc2c(F)cccc2F)nc(=O)c2ccccc21.O=C(O)[C@H](O)[C@@H](O)C(=O)O. The van der Waals surface area contributed by atoms with Crippen molar-refractivity contribution in [2.24, 2.45) is 0 Å². The number of aryl methyl sites for hydroxylation is 1. The van der Waals surface area contributed by atoms with Gasteiger partial charge in [0.25, 0.3) is 5.56 Å². The maximum Gasteiger partial charge on any atom is 0.416 e. The highest BCUT2D eigenvalue weighted by atomic mass is 19.4. The first-order chi connectivity index (χ1) is 27.9. The van der Waals surface area contributed by atoms with Crippen molar-refractivity contribution < 1.29 is 56.8 Å². The predicted octanol–water partition coefficient (Wildman–Crippen LogP) is 5.39. The van der Waals surface area contributed by atoms with E-state index >= 15 is 0 Å². The van der Waals surface area contributed by atoms with E-state index in [2.05, 4.69) is 9.88 Å². The normalized spacial score (nSPS) is 12.4. The number of carboxylic acids is 2. The van der Waals surface area contributed by atoms with Crippen LogP contribution in [0.3, 0.4) is 0 Å². The van der Waals surface area contributed by atoms with E-state index in [4.69, 9.17) is 20.4 Å². The Hall–Kier alpha value is -6.04. The van der Waals surface area contributed by atoms with Crippen molar-refractivity contribution in [3.8, 4) is 11.1 Å². The number of aromatic nitrogens is 2. The second-order valence-electron chi connectivity index (χ2n) is 13.3. The van der Waals surface area contributed by atoms with E-state index in [-0.39, 0.29) is 43.2 Å². The molecule has 1 amide bonds. The summed E-state index contributed by atoms with van der Waals surface area (Å²) in [6, 6.07) is 22.7. The number of benzene rings is 4. The number of carboxylic acid groups (broad SMARTS) is 2. The predicted molar refractivity (Wildman–Crippen MR) is 207 cm³/mol. The summed E-state index contributed by atoms with van der Waals surface area (Å²) in [4.78, 5) is 54.8. The van der Waals surface area contributed by atoms with Gasteiger partial charge in [0.1, 0.15) is 24.0 Å². The number of aliphatic hydroxyl groups is 2. The van der Waals surface area contributed by atoms with Gasteiger partial charge in [-0.3, -0.25) is 9.59 Å². The lowest BCUT2D eigenvalue weighted by molar-refractivity contribution is -0.165. The minimum absolute atomic E-state index is 0.0239. The van der Waals surface area contributed by atoms with Gasteiger partial charge in [-0.1, -0.05) is 68.4 Å². The number of fused-ring (bicyclic) bond motifs is 1. The Morgan fingerprint density at radius 1 is 0.746 bits per heavy atom. The molecule has 59 heavy (non-hydrogen) atoms. The van der Waals surface area contributed by atoms with Crippen LogP contribution in [0.4, 0.5) is 22.0 Å². The van der Waals surface area contributed by atoms with Crippen LogP contribution in [0, 0.1) is 11.6 Å². The molecule has 4 aromatic carbocycles. The highest BCUT2D eigenvalue weighted by Gasteiger charge is 2.30. The number of aliphatic carboxylic acids is 2. The van der Waals surface area contributed by atoms with Crippen molar-refractivity contribution in [2.75, 3.05) is 26.2 Å². The van der Waals surface area contributed by atoms with E-state index in [0.29, 0.717) is 29.6 Å². The van der Waals surface area contributed by atoms with E-state index in [9.17, 15) is 41.1 Å². The maximum absolute atomic E-state index is 14.5. The fourth-order valence-electron chi connectivity index (χ4n) is 6.12. The molecule has 4 N–H and O–H groups in total. The average Bonchev–Trinajstić information content (AvgIpc) is 3.21. The topological polar surface area (TPSA) is 174 Å². The monoisotopic (exact) mass is 826 g/mol. The number of hydrogen-bond donors (Lipinski definition) is 4. The Labute approximate surface area is 335 Å². The highest BCUT2D eigenvalue weighted by molar-refractivity contribution is 5.83. The number of aliphatic hydroxyl groups excluding tert-OH is 2. The summed E-state index contributed by atoms with van der Waals surface area (Å²) in [6.45, 7) is 6.79. The summed E-state index contributed by atoms with van der Waals surface area (Å²) >= 11 is 0. The number of hydrogen-bond acceptors (Lipinski definition) is 8. The van der Waals surface area contributed by atoms with Crippen molar-refractivity contribution in [3.05, 3.63) is 135 Å². The molecule has 0 saturated carbocycles. The molecule has 1 heterocycles. The van der Waals surface area contributed by atoms with Gasteiger partial charge in [-0.15, -0.1) is 0 Å². The Kier molecular flexibility index (Phi) is 15.9. The number of likely N-dealkylation sites (N-methyl/N-ethyl adjacent to an activating group) is 1. The fraction of sp³-hybridized carbons (Fsp3) is 0.310. The molecule has 12 nitrogen and oxygen atoms in total. The average molecular weight is 827 g/mol. The van der Waals surface area contributed by atoms with E-state index in [1.807, 2.05) is 38.1 Å².